The predicted octanol–water partition coefficient (Wildman–Crippen LogP) is 5.73. The lowest BCUT2D eigenvalue weighted by Crippen LogP contribution is -2.48. The Morgan fingerprint density at radius 3 is 2.38 bits per heavy atom. The van der Waals surface area contributed by atoms with Crippen molar-refractivity contribution < 1.29 is 14.6 Å². The highest BCUT2D eigenvalue weighted by atomic mass is 32.1. The molecule has 4 aromatic carbocycles. The molecule has 1 aliphatic heterocycles. The fourth-order valence-electron chi connectivity index (χ4n) is 5.00. The highest BCUT2D eigenvalue weighted by molar-refractivity contribution is 7.03. The van der Waals surface area contributed by atoms with Crippen LogP contribution in [0, 0.1) is 0 Å². The highest BCUT2D eigenvalue weighted by Gasteiger charge is 2.26. The maximum absolute atomic E-state index is 13.9. The first kappa shape index (κ1) is 27.5. The van der Waals surface area contributed by atoms with Crippen molar-refractivity contribution in [3.63, 3.8) is 0 Å². The van der Waals surface area contributed by atoms with E-state index in [1.54, 1.807) is 0 Å². The molecule has 1 aromatic heterocycles. The van der Waals surface area contributed by atoms with Gasteiger partial charge in [0.15, 0.2) is 0 Å². The van der Waals surface area contributed by atoms with Crippen LogP contribution < -0.4 is 15.4 Å². The summed E-state index contributed by atoms with van der Waals surface area (Å²) < 4.78 is 10.1. The number of aliphatic hydroxyl groups excluding tert-OH is 1. The van der Waals surface area contributed by atoms with Crippen LogP contribution in [0.1, 0.15) is 22.3 Å². The standard InChI is InChI=1S/C34H30N4O3S/c39-31(21-35-20-24-14-16-25(17-15-24)30-22-42-38-37-30)29(18-23-8-2-1-3-9-23)36-34(40)28-19-26-10-4-6-12-32(26)41-33-13-7-5-11-27(28)33/h1-17,19,22,29,31,35,39H,18,20-21H2,(H,36,40)/t29-,31-/m0/s1. The molecule has 0 unspecified atom stereocenters. The second-order valence-electron chi connectivity index (χ2n) is 10.1. The monoisotopic (exact) mass is 574 g/mol. The van der Waals surface area contributed by atoms with E-state index in [4.69, 9.17) is 4.74 Å². The number of carbonyl (C=O) groups is 1. The number of amides is 1. The summed E-state index contributed by atoms with van der Waals surface area (Å²) >= 11 is 1.33. The number of benzene rings is 4. The maximum atomic E-state index is 13.9. The molecule has 42 heavy (non-hydrogen) atoms. The van der Waals surface area contributed by atoms with Crippen molar-refractivity contribution in [1.82, 2.24) is 20.2 Å². The Morgan fingerprint density at radius 2 is 1.60 bits per heavy atom. The average Bonchev–Trinajstić information content (AvgIpc) is 3.51. The van der Waals surface area contributed by atoms with Gasteiger partial charge >= 0.3 is 0 Å². The van der Waals surface area contributed by atoms with Crippen molar-refractivity contribution >= 4 is 29.1 Å². The third-order valence-corrected chi connectivity index (χ3v) is 7.74. The number of para-hydroxylation sites is 2. The number of rotatable bonds is 10. The number of hydrogen-bond donors (Lipinski definition) is 3. The largest absolute Gasteiger partial charge is 0.456 e. The average molecular weight is 575 g/mol. The predicted molar refractivity (Wildman–Crippen MR) is 166 cm³/mol. The molecule has 7 nitrogen and oxygen atoms in total. The van der Waals surface area contributed by atoms with Crippen LogP contribution in [0.3, 0.4) is 0 Å². The van der Waals surface area contributed by atoms with E-state index in [0.29, 0.717) is 42.1 Å². The lowest BCUT2D eigenvalue weighted by molar-refractivity contribution is -0.117. The number of nitrogens with one attached hydrogen (secondary N) is 2. The number of nitrogens with zero attached hydrogens (tertiary/aromatic N) is 2. The number of fused-ring (bicyclic) bond motifs is 2. The van der Waals surface area contributed by atoms with E-state index in [2.05, 4.69) is 20.2 Å². The molecule has 210 valence electrons. The minimum absolute atomic E-state index is 0.269. The van der Waals surface area contributed by atoms with Crippen molar-refractivity contribution in [3.05, 3.63) is 131 Å². The van der Waals surface area contributed by atoms with E-state index >= 15 is 0 Å². The molecular weight excluding hydrogens is 544 g/mol. The number of ether oxygens (including phenoxy) is 1. The minimum Gasteiger partial charge on any atom is -0.456 e. The van der Waals surface area contributed by atoms with E-state index in [-0.39, 0.29) is 5.91 Å². The Kier molecular flexibility index (Phi) is 8.46. The molecule has 0 saturated carbocycles. The van der Waals surface area contributed by atoms with Gasteiger partial charge < -0.3 is 20.5 Å². The lowest BCUT2D eigenvalue weighted by Gasteiger charge is -2.25. The van der Waals surface area contributed by atoms with Crippen LogP contribution >= 0.6 is 11.5 Å². The Labute approximate surface area is 248 Å². The van der Waals surface area contributed by atoms with E-state index in [0.717, 1.165) is 27.9 Å². The Balaban J connectivity index is 1.18. The molecule has 0 spiro atoms. The number of hydrogen-bond acceptors (Lipinski definition) is 7. The van der Waals surface area contributed by atoms with Crippen molar-refractivity contribution in [1.29, 1.82) is 0 Å². The summed E-state index contributed by atoms with van der Waals surface area (Å²) in [4.78, 5) is 13.9. The van der Waals surface area contributed by atoms with Crippen molar-refractivity contribution in [3.8, 4) is 22.8 Å². The SMILES string of the molecule is O=C(N[C@@H](Cc1ccccc1)[C@@H](O)CNCc1ccc(-c2csnn2)cc1)C1=Cc2ccccc2Oc2ccccc21. The van der Waals surface area contributed by atoms with Crippen LogP contribution in [0.15, 0.2) is 109 Å². The molecule has 0 saturated heterocycles. The molecule has 1 amide bonds. The van der Waals surface area contributed by atoms with E-state index in [9.17, 15) is 9.90 Å². The van der Waals surface area contributed by atoms with E-state index < -0.39 is 12.1 Å². The molecule has 2 atom stereocenters. The third-order valence-electron chi connectivity index (χ3n) is 7.23. The molecule has 1 aliphatic rings. The third kappa shape index (κ3) is 6.47. The number of aromatic nitrogens is 2. The number of aliphatic hydroxyl groups is 1. The molecule has 0 bridgehead atoms. The van der Waals surface area contributed by atoms with Gasteiger partial charge in [0.1, 0.15) is 17.2 Å². The zero-order chi connectivity index (χ0) is 28.7. The first-order valence-corrected chi connectivity index (χ1v) is 14.7. The molecule has 0 aliphatic carbocycles. The molecule has 0 radical (unpaired) electrons. The molecule has 0 fully saturated rings. The van der Waals surface area contributed by atoms with Crippen molar-refractivity contribution in [2.24, 2.45) is 0 Å². The van der Waals surface area contributed by atoms with Gasteiger partial charge in [0.05, 0.1) is 17.7 Å². The summed E-state index contributed by atoms with van der Waals surface area (Å²) in [7, 11) is 0. The van der Waals surface area contributed by atoms with Gasteiger partial charge in [-0.15, -0.1) is 5.10 Å². The molecule has 2 heterocycles. The zero-order valence-electron chi connectivity index (χ0n) is 22.8. The second kappa shape index (κ2) is 12.9. The van der Waals surface area contributed by atoms with Crippen molar-refractivity contribution in [2.75, 3.05) is 6.54 Å². The zero-order valence-corrected chi connectivity index (χ0v) is 23.6. The van der Waals surface area contributed by atoms with Crippen molar-refractivity contribution in [2.45, 2.75) is 25.1 Å². The van der Waals surface area contributed by atoms with Crippen LogP contribution in [0.4, 0.5) is 0 Å². The number of carbonyl (C=O) groups excluding carboxylic acids is 1. The van der Waals surface area contributed by atoms with Gasteiger partial charge in [-0.1, -0.05) is 95.5 Å². The highest BCUT2D eigenvalue weighted by Crippen LogP contribution is 2.37. The Morgan fingerprint density at radius 1 is 0.857 bits per heavy atom. The van der Waals surface area contributed by atoms with Crippen LogP contribution in [-0.4, -0.2) is 39.3 Å². The topological polar surface area (TPSA) is 96.4 Å². The summed E-state index contributed by atoms with van der Waals surface area (Å²) in [5.74, 6) is 1.03. The van der Waals surface area contributed by atoms with E-state index in [1.165, 1.54) is 11.5 Å². The smallest absolute Gasteiger partial charge is 0.252 e. The molecular formula is C34H30N4O3S. The van der Waals surface area contributed by atoms with Gasteiger partial charge in [0.25, 0.3) is 5.91 Å². The quantitative estimate of drug-likeness (QED) is 0.197. The second-order valence-corrected chi connectivity index (χ2v) is 10.8. The summed E-state index contributed by atoms with van der Waals surface area (Å²) in [5.41, 5.74) is 5.99. The van der Waals surface area contributed by atoms with Gasteiger partial charge in [-0.3, -0.25) is 4.79 Å². The van der Waals surface area contributed by atoms with Gasteiger partial charge in [-0.25, -0.2) is 0 Å². The maximum Gasteiger partial charge on any atom is 0.252 e. The van der Waals surface area contributed by atoms with Gasteiger partial charge in [0.2, 0.25) is 0 Å². The van der Waals surface area contributed by atoms with Gasteiger partial charge in [0, 0.05) is 35.2 Å². The van der Waals surface area contributed by atoms with Gasteiger partial charge in [-0.2, -0.15) is 0 Å². The summed E-state index contributed by atoms with van der Waals surface area (Å²) in [5, 5.41) is 23.9. The van der Waals surface area contributed by atoms with Crippen LogP contribution in [0.5, 0.6) is 11.5 Å². The minimum atomic E-state index is -0.834. The molecule has 3 N–H and O–H groups in total. The van der Waals surface area contributed by atoms with Crippen LogP contribution in [0.25, 0.3) is 22.9 Å². The Bertz CT molecular complexity index is 1670. The fourth-order valence-corrected chi connectivity index (χ4v) is 5.46. The van der Waals surface area contributed by atoms with E-state index in [1.807, 2.05) is 115 Å². The van der Waals surface area contributed by atoms with Crippen LogP contribution in [0.2, 0.25) is 0 Å². The lowest BCUT2D eigenvalue weighted by atomic mass is 9.98. The van der Waals surface area contributed by atoms with Gasteiger partial charge in [-0.05, 0) is 47.3 Å². The first-order chi connectivity index (χ1) is 20.6. The molecule has 8 heteroatoms. The normalized spacial score (nSPS) is 13.5. The summed E-state index contributed by atoms with van der Waals surface area (Å²) in [6, 6.07) is 32.6. The fraction of sp³-hybridized carbons (Fsp3) is 0.147. The summed E-state index contributed by atoms with van der Waals surface area (Å²) in [6.07, 6.45) is 1.50. The summed E-state index contributed by atoms with van der Waals surface area (Å²) in [6.45, 7) is 0.877. The first-order valence-electron chi connectivity index (χ1n) is 13.8. The molecule has 5 aromatic rings. The van der Waals surface area contributed by atoms with Crippen LogP contribution in [-0.2, 0) is 17.8 Å². The Hall–Kier alpha value is -4.63. The molecule has 6 rings (SSSR count).